The fraction of sp³-hybridized carbons (Fsp3) is 0.731. The molecule has 0 atom stereocenters. The Balaban J connectivity index is 1.89. The summed E-state index contributed by atoms with van der Waals surface area (Å²) in [6.07, 6.45) is 20.0. The van der Waals surface area contributed by atoms with E-state index in [1.807, 2.05) is 24.3 Å². The largest absolute Gasteiger partial charge is 0.494 e. The minimum absolute atomic E-state index is 0.0155. The number of ether oxygens (including phenoxy) is 1. The van der Waals surface area contributed by atoms with E-state index in [2.05, 4.69) is 19.2 Å². The van der Waals surface area contributed by atoms with Gasteiger partial charge in [-0.15, -0.1) is 0 Å². The highest BCUT2D eigenvalue weighted by Crippen LogP contribution is 2.14. The first-order valence-corrected chi connectivity index (χ1v) is 12.3. The van der Waals surface area contributed by atoms with Crippen LogP contribution in [0.3, 0.4) is 0 Å². The predicted molar refractivity (Wildman–Crippen MR) is 125 cm³/mol. The maximum Gasteiger partial charge on any atom is 0.251 e. The van der Waals surface area contributed by atoms with Crippen molar-refractivity contribution >= 4 is 5.91 Å². The lowest BCUT2D eigenvalue weighted by Gasteiger charge is -2.07. The third-order valence-corrected chi connectivity index (χ3v) is 5.41. The molecule has 3 heteroatoms. The van der Waals surface area contributed by atoms with Gasteiger partial charge in [-0.1, -0.05) is 97.3 Å². The maximum atomic E-state index is 12.2. The monoisotopic (exact) mass is 403 g/mol. The van der Waals surface area contributed by atoms with Crippen molar-refractivity contribution in [2.75, 3.05) is 13.2 Å². The summed E-state index contributed by atoms with van der Waals surface area (Å²) in [5, 5.41) is 3.03. The number of rotatable bonds is 19. The van der Waals surface area contributed by atoms with Crippen LogP contribution in [0.2, 0.25) is 0 Å². The van der Waals surface area contributed by atoms with Crippen molar-refractivity contribution in [2.24, 2.45) is 0 Å². The molecule has 0 fully saturated rings. The first-order chi connectivity index (χ1) is 14.3. The van der Waals surface area contributed by atoms with Crippen molar-refractivity contribution in [3.63, 3.8) is 0 Å². The van der Waals surface area contributed by atoms with Gasteiger partial charge in [-0.3, -0.25) is 4.79 Å². The lowest BCUT2D eigenvalue weighted by atomic mass is 10.0. The molecule has 0 unspecified atom stereocenters. The van der Waals surface area contributed by atoms with Crippen molar-refractivity contribution in [1.82, 2.24) is 5.32 Å². The van der Waals surface area contributed by atoms with Crippen LogP contribution >= 0.6 is 0 Å². The fourth-order valence-electron chi connectivity index (χ4n) is 3.55. The van der Waals surface area contributed by atoms with E-state index in [4.69, 9.17) is 4.74 Å². The second-order valence-electron chi connectivity index (χ2n) is 8.22. The van der Waals surface area contributed by atoms with Crippen LogP contribution in [0.25, 0.3) is 0 Å². The molecule has 1 rings (SSSR count). The highest BCUT2D eigenvalue weighted by Gasteiger charge is 2.04. The van der Waals surface area contributed by atoms with E-state index in [9.17, 15) is 4.79 Å². The van der Waals surface area contributed by atoms with E-state index >= 15 is 0 Å². The van der Waals surface area contributed by atoms with Crippen molar-refractivity contribution in [2.45, 2.75) is 110 Å². The van der Waals surface area contributed by atoms with Gasteiger partial charge in [-0.2, -0.15) is 0 Å². The van der Waals surface area contributed by atoms with E-state index in [0.717, 1.165) is 25.1 Å². The standard InChI is InChI=1S/C26H45NO2/c1-3-5-6-7-8-9-10-11-12-13-14-15-16-17-22-27-26(28)24-18-20-25(21-19-24)29-23-4-2/h18-21H,3-17,22-23H2,1-2H3,(H,27,28). The molecule has 1 aromatic rings. The first kappa shape index (κ1) is 25.5. The molecule has 0 bridgehead atoms. The second kappa shape index (κ2) is 18.5. The molecule has 1 N–H and O–H groups in total. The Bertz CT molecular complexity index is 498. The topological polar surface area (TPSA) is 38.3 Å². The minimum atomic E-state index is 0.0155. The summed E-state index contributed by atoms with van der Waals surface area (Å²) in [7, 11) is 0. The third-order valence-electron chi connectivity index (χ3n) is 5.41. The van der Waals surface area contributed by atoms with Crippen LogP contribution in [0, 0.1) is 0 Å². The fourth-order valence-corrected chi connectivity index (χ4v) is 3.55. The number of nitrogens with one attached hydrogen (secondary N) is 1. The number of carbonyl (C=O) groups is 1. The van der Waals surface area contributed by atoms with Crippen LogP contribution in [0.4, 0.5) is 0 Å². The van der Waals surface area contributed by atoms with Crippen molar-refractivity contribution in [3.05, 3.63) is 29.8 Å². The van der Waals surface area contributed by atoms with Gasteiger partial charge < -0.3 is 10.1 Å². The van der Waals surface area contributed by atoms with Gasteiger partial charge in [0.1, 0.15) is 5.75 Å². The Kier molecular flexibility index (Phi) is 16.3. The average Bonchev–Trinajstić information content (AvgIpc) is 2.75. The molecule has 0 spiro atoms. The van der Waals surface area contributed by atoms with Gasteiger partial charge in [0.25, 0.3) is 5.91 Å². The second-order valence-corrected chi connectivity index (χ2v) is 8.22. The van der Waals surface area contributed by atoms with Gasteiger partial charge in [0.15, 0.2) is 0 Å². The molecule has 166 valence electrons. The quantitative estimate of drug-likeness (QED) is 0.240. The summed E-state index contributed by atoms with van der Waals surface area (Å²) in [5.41, 5.74) is 0.708. The summed E-state index contributed by atoms with van der Waals surface area (Å²) < 4.78 is 5.55. The van der Waals surface area contributed by atoms with Gasteiger partial charge in [0.05, 0.1) is 6.61 Å². The number of amides is 1. The summed E-state index contributed by atoms with van der Waals surface area (Å²) in [6, 6.07) is 7.42. The molecule has 0 aliphatic carbocycles. The molecule has 0 radical (unpaired) electrons. The van der Waals surface area contributed by atoms with Crippen LogP contribution in [-0.4, -0.2) is 19.1 Å². The van der Waals surface area contributed by atoms with Crippen LogP contribution in [-0.2, 0) is 0 Å². The highest BCUT2D eigenvalue weighted by atomic mass is 16.5. The van der Waals surface area contributed by atoms with E-state index in [0.29, 0.717) is 12.2 Å². The molecule has 0 aromatic heterocycles. The summed E-state index contributed by atoms with van der Waals surface area (Å²) >= 11 is 0. The molecule has 0 heterocycles. The zero-order valence-corrected chi connectivity index (χ0v) is 19.1. The van der Waals surface area contributed by atoms with Crippen LogP contribution in [0.1, 0.15) is 121 Å². The Morgan fingerprint density at radius 2 is 1.17 bits per heavy atom. The molecule has 0 aliphatic rings. The molecular weight excluding hydrogens is 358 g/mol. The van der Waals surface area contributed by atoms with Crippen molar-refractivity contribution < 1.29 is 9.53 Å². The summed E-state index contributed by atoms with van der Waals surface area (Å²) in [6.45, 7) is 5.84. The predicted octanol–water partition coefficient (Wildman–Crippen LogP) is 7.69. The normalized spacial score (nSPS) is 10.8. The molecule has 0 saturated carbocycles. The zero-order chi connectivity index (χ0) is 21.0. The number of hydrogen-bond acceptors (Lipinski definition) is 2. The molecule has 29 heavy (non-hydrogen) atoms. The van der Waals surface area contributed by atoms with Gasteiger partial charge >= 0.3 is 0 Å². The molecule has 3 nitrogen and oxygen atoms in total. The van der Waals surface area contributed by atoms with E-state index in [1.54, 1.807) is 0 Å². The number of benzene rings is 1. The van der Waals surface area contributed by atoms with Crippen LogP contribution < -0.4 is 10.1 Å². The molecule has 0 saturated heterocycles. The SMILES string of the molecule is CCCCCCCCCCCCCCCCNC(=O)c1ccc(OCCC)cc1. The number of unbranched alkanes of at least 4 members (excludes halogenated alkanes) is 13. The molecule has 1 amide bonds. The summed E-state index contributed by atoms with van der Waals surface area (Å²) in [4.78, 5) is 12.2. The van der Waals surface area contributed by atoms with Crippen molar-refractivity contribution in [1.29, 1.82) is 0 Å². The average molecular weight is 404 g/mol. The highest BCUT2D eigenvalue weighted by molar-refractivity contribution is 5.94. The summed E-state index contributed by atoms with van der Waals surface area (Å²) in [5.74, 6) is 0.845. The zero-order valence-electron chi connectivity index (χ0n) is 19.1. The van der Waals surface area contributed by atoms with Gasteiger partial charge in [-0.05, 0) is 37.1 Å². The Morgan fingerprint density at radius 1 is 0.690 bits per heavy atom. The van der Waals surface area contributed by atoms with Crippen molar-refractivity contribution in [3.8, 4) is 5.75 Å². The van der Waals surface area contributed by atoms with Gasteiger partial charge in [0.2, 0.25) is 0 Å². The molecule has 0 aliphatic heterocycles. The minimum Gasteiger partial charge on any atom is -0.494 e. The van der Waals surface area contributed by atoms with Crippen LogP contribution in [0.5, 0.6) is 5.75 Å². The Morgan fingerprint density at radius 3 is 1.66 bits per heavy atom. The van der Waals surface area contributed by atoms with E-state index < -0.39 is 0 Å². The lowest BCUT2D eigenvalue weighted by molar-refractivity contribution is 0.0953. The first-order valence-electron chi connectivity index (χ1n) is 12.3. The maximum absolute atomic E-state index is 12.2. The molecular formula is C26H45NO2. The van der Waals surface area contributed by atoms with E-state index in [1.165, 1.54) is 83.5 Å². The number of carbonyl (C=O) groups excluding carboxylic acids is 1. The Labute approximate surface area is 180 Å². The number of hydrogen-bond donors (Lipinski definition) is 1. The van der Waals surface area contributed by atoms with E-state index in [-0.39, 0.29) is 5.91 Å². The van der Waals surface area contributed by atoms with Gasteiger partial charge in [0, 0.05) is 12.1 Å². The van der Waals surface area contributed by atoms with Crippen LogP contribution in [0.15, 0.2) is 24.3 Å². The smallest absolute Gasteiger partial charge is 0.251 e. The molecule has 1 aromatic carbocycles. The third kappa shape index (κ3) is 14.2. The lowest BCUT2D eigenvalue weighted by Crippen LogP contribution is -2.24. The van der Waals surface area contributed by atoms with Gasteiger partial charge in [-0.25, -0.2) is 0 Å². The Hall–Kier alpha value is -1.51.